The summed E-state index contributed by atoms with van der Waals surface area (Å²) in [6.07, 6.45) is 6.36. The predicted molar refractivity (Wildman–Crippen MR) is 71.3 cm³/mol. The van der Waals surface area contributed by atoms with Crippen molar-refractivity contribution in [2.24, 2.45) is 5.92 Å². The summed E-state index contributed by atoms with van der Waals surface area (Å²) in [4.78, 5) is 2.61. The summed E-state index contributed by atoms with van der Waals surface area (Å²) in [7, 11) is 2.12. The first-order chi connectivity index (χ1) is 8.19. The predicted octanol–water partition coefficient (Wildman–Crippen LogP) is 1.87. The standard InChI is InChI=1S/C14H28N2O/c1-11-8-16(9-12(2)17-11)10-13-6-4-5-7-14(13)15-3/h11-15H,4-10H2,1-3H3. The molecule has 1 N–H and O–H groups in total. The summed E-state index contributed by atoms with van der Waals surface area (Å²) in [5, 5.41) is 3.51. The van der Waals surface area contributed by atoms with E-state index in [1.165, 1.54) is 32.2 Å². The Morgan fingerprint density at radius 2 is 1.76 bits per heavy atom. The van der Waals surface area contributed by atoms with Gasteiger partial charge in [0.2, 0.25) is 0 Å². The average Bonchev–Trinajstić information content (AvgIpc) is 2.28. The molecular weight excluding hydrogens is 212 g/mol. The van der Waals surface area contributed by atoms with Gasteiger partial charge in [0.05, 0.1) is 12.2 Å². The topological polar surface area (TPSA) is 24.5 Å². The fourth-order valence-corrected chi connectivity index (χ4v) is 3.57. The lowest BCUT2D eigenvalue weighted by molar-refractivity contribution is -0.0734. The molecule has 2 rings (SSSR count). The quantitative estimate of drug-likeness (QED) is 0.815. The van der Waals surface area contributed by atoms with Crippen LogP contribution in [0.25, 0.3) is 0 Å². The number of hydrogen-bond donors (Lipinski definition) is 1. The van der Waals surface area contributed by atoms with E-state index in [4.69, 9.17) is 4.74 Å². The number of morpholine rings is 1. The normalized spacial score (nSPS) is 40.4. The maximum Gasteiger partial charge on any atom is 0.0678 e. The van der Waals surface area contributed by atoms with Gasteiger partial charge in [-0.2, -0.15) is 0 Å². The third kappa shape index (κ3) is 3.67. The van der Waals surface area contributed by atoms with Gasteiger partial charge < -0.3 is 10.1 Å². The third-order valence-electron chi connectivity index (χ3n) is 4.27. The molecule has 17 heavy (non-hydrogen) atoms. The van der Waals surface area contributed by atoms with Gasteiger partial charge in [-0.15, -0.1) is 0 Å². The Bertz CT molecular complexity index is 224. The lowest BCUT2D eigenvalue weighted by Gasteiger charge is -2.40. The number of nitrogens with zero attached hydrogens (tertiary/aromatic N) is 1. The fourth-order valence-electron chi connectivity index (χ4n) is 3.57. The smallest absolute Gasteiger partial charge is 0.0678 e. The van der Waals surface area contributed by atoms with E-state index in [0.717, 1.165) is 25.0 Å². The van der Waals surface area contributed by atoms with Crippen LogP contribution in [0.5, 0.6) is 0 Å². The van der Waals surface area contributed by atoms with Crippen molar-refractivity contribution in [3.8, 4) is 0 Å². The molecule has 0 aromatic rings. The zero-order valence-corrected chi connectivity index (χ0v) is 11.6. The maximum atomic E-state index is 5.80. The minimum absolute atomic E-state index is 0.398. The summed E-state index contributed by atoms with van der Waals surface area (Å²) in [6, 6.07) is 0.734. The van der Waals surface area contributed by atoms with Gasteiger partial charge in [0.15, 0.2) is 0 Å². The Kier molecular flexibility index (Phi) is 4.83. The zero-order valence-electron chi connectivity index (χ0n) is 11.6. The van der Waals surface area contributed by atoms with Gasteiger partial charge in [-0.1, -0.05) is 12.8 Å². The Hall–Kier alpha value is -0.120. The Morgan fingerprint density at radius 3 is 2.41 bits per heavy atom. The zero-order chi connectivity index (χ0) is 12.3. The fraction of sp³-hybridized carbons (Fsp3) is 1.00. The van der Waals surface area contributed by atoms with Crippen molar-refractivity contribution < 1.29 is 4.74 Å². The Labute approximate surface area is 106 Å². The van der Waals surface area contributed by atoms with E-state index in [9.17, 15) is 0 Å². The van der Waals surface area contributed by atoms with Crippen molar-refractivity contribution in [3.63, 3.8) is 0 Å². The SMILES string of the molecule is CNC1CCCCC1CN1CC(C)OC(C)C1. The van der Waals surface area contributed by atoms with Crippen LogP contribution in [0, 0.1) is 5.92 Å². The van der Waals surface area contributed by atoms with Crippen LogP contribution < -0.4 is 5.32 Å². The summed E-state index contributed by atoms with van der Waals surface area (Å²) in [6.45, 7) is 7.86. The highest BCUT2D eigenvalue weighted by molar-refractivity contribution is 4.84. The molecule has 1 saturated heterocycles. The first-order valence-electron chi connectivity index (χ1n) is 7.24. The van der Waals surface area contributed by atoms with E-state index in [2.05, 4.69) is 31.1 Å². The number of rotatable bonds is 3. The third-order valence-corrected chi connectivity index (χ3v) is 4.27. The molecule has 4 atom stereocenters. The van der Waals surface area contributed by atoms with Gasteiger partial charge in [-0.3, -0.25) is 4.90 Å². The van der Waals surface area contributed by atoms with Gasteiger partial charge in [0, 0.05) is 25.7 Å². The van der Waals surface area contributed by atoms with Crippen molar-refractivity contribution in [3.05, 3.63) is 0 Å². The number of hydrogen-bond acceptors (Lipinski definition) is 3. The van der Waals surface area contributed by atoms with E-state index >= 15 is 0 Å². The molecule has 1 aliphatic heterocycles. The van der Waals surface area contributed by atoms with E-state index < -0.39 is 0 Å². The van der Waals surface area contributed by atoms with E-state index in [0.29, 0.717) is 12.2 Å². The summed E-state index contributed by atoms with van der Waals surface area (Å²) in [5.74, 6) is 0.839. The molecule has 2 aliphatic rings. The lowest BCUT2D eigenvalue weighted by Crippen LogP contribution is -2.50. The molecule has 1 saturated carbocycles. The summed E-state index contributed by atoms with van der Waals surface area (Å²) < 4.78 is 5.80. The van der Waals surface area contributed by atoms with E-state index in [-0.39, 0.29) is 0 Å². The van der Waals surface area contributed by atoms with Crippen molar-refractivity contribution in [2.45, 2.75) is 57.8 Å². The number of ether oxygens (including phenoxy) is 1. The average molecular weight is 240 g/mol. The molecule has 0 bridgehead atoms. The minimum Gasteiger partial charge on any atom is -0.373 e. The lowest BCUT2D eigenvalue weighted by atomic mass is 9.84. The number of nitrogens with one attached hydrogen (secondary N) is 1. The molecule has 2 fully saturated rings. The van der Waals surface area contributed by atoms with E-state index in [1.807, 2.05) is 0 Å². The second-order valence-corrected chi connectivity index (χ2v) is 5.92. The molecule has 1 heterocycles. The van der Waals surface area contributed by atoms with Crippen LogP contribution in [0.15, 0.2) is 0 Å². The van der Waals surface area contributed by atoms with Gasteiger partial charge in [0.1, 0.15) is 0 Å². The molecular formula is C14H28N2O. The molecule has 3 nitrogen and oxygen atoms in total. The highest BCUT2D eigenvalue weighted by atomic mass is 16.5. The van der Waals surface area contributed by atoms with Crippen LogP contribution in [0.3, 0.4) is 0 Å². The molecule has 0 aromatic carbocycles. The van der Waals surface area contributed by atoms with Gasteiger partial charge in [-0.05, 0) is 39.7 Å². The van der Waals surface area contributed by atoms with Crippen LogP contribution >= 0.6 is 0 Å². The van der Waals surface area contributed by atoms with Crippen LogP contribution in [-0.4, -0.2) is 49.8 Å². The maximum absolute atomic E-state index is 5.80. The second-order valence-electron chi connectivity index (χ2n) is 5.92. The first-order valence-corrected chi connectivity index (χ1v) is 7.24. The first kappa shape index (κ1) is 13.3. The van der Waals surface area contributed by atoms with Gasteiger partial charge in [-0.25, -0.2) is 0 Å². The van der Waals surface area contributed by atoms with E-state index in [1.54, 1.807) is 0 Å². The molecule has 100 valence electrons. The van der Waals surface area contributed by atoms with Crippen LogP contribution in [0.4, 0.5) is 0 Å². The summed E-state index contributed by atoms with van der Waals surface area (Å²) >= 11 is 0. The minimum atomic E-state index is 0.398. The highest BCUT2D eigenvalue weighted by Crippen LogP contribution is 2.26. The van der Waals surface area contributed by atoms with Gasteiger partial charge >= 0.3 is 0 Å². The molecule has 0 amide bonds. The monoisotopic (exact) mass is 240 g/mol. The molecule has 4 unspecified atom stereocenters. The Balaban J connectivity index is 1.85. The van der Waals surface area contributed by atoms with Crippen molar-refractivity contribution in [2.75, 3.05) is 26.7 Å². The molecule has 0 spiro atoms. The molecule has 1 aliphatic carbocycles. The van der Waals surface area contributed by atoms with Crippen LogP contribution in [0.2, 0.25) is 0 Å². The highest BCUT2D eigenvalue weighted by Gasteiger charge is 2.29. The van der Waals surface area contributed by atoms with Gasteiger partial charge in [0.25, 0.3) is 0 Å². The largest absolute Gasteiger partial charge is 0.373 e. The molecule has 0 aromatic heterocycles. The molecule has 3 heteroatoms. The molecule has 0 radical (unpaired) electrons. The van der Waals surface area contributed by atoms with Crippen LogP contribution in [-0.2, 0) is 4.74 Å². The Morgan fingerprint density at radius 1 is 1.12 bits per heavy atom. The summed E-state index contributed by atoms with van der Waals surface area (Å²) in [5.41, 5.74) is 0. The van der Waals surface area contributed by atoms with Crippen molar-refractivity contribution >= 4 is 0 Å². The van der Waals surface area contributed by atoms with Crippen molar-refractivity contribution in [1.82, 2.24) is 10.2 Å². The van der Waals surface area contributed by atoms with Crippen LogP contribution in [0.1, 0.15) is 39.5 Å². The second kappa shape index (κ2) is 6.17. The van der Waals surface area contributed by atoms with Crippen molar-refractivity contribution in [1.29, 1.82) is 0 Å².